The first-order valence-corrected chi connectivity index (χ1v) is 8.37. The molecule has 1 aromatic heterocycles. The molecule has 134 valence electrons. The van der Waals surface area contributed by atoms with E-state index in [2.05, 4.69) is 20.3 Å². The number of nitrogens with one attached hydrogen (secondary N) is 1. The van der Waals surface area contributed by atoms with Crippen LogP contribution >= 0.6 is 0 Å². The van der Waals surface area contributed by atoms with Crippen LogP contribution in [0.3, 0.4) is 0 Å². The fourth-order valence-corrected chi connectivity index (χ4v) is 2.55. The van der Waals surface area contributed by atoms with E-state index in [0.29, 0.717) is 24.7 Å². The summed E-state index contributed by atoms with van der Waals surface area (Å²) in [5.74, 6) is 3.69. The molecular weight excluding hydrogens is 328 g/mol. The molecular formula is C20H22N4O2. The predicted octanol–water partition coefficient (Wildman–Crippen LogP) is 3.40. The van der Waals surface area contributed by atoms with Crippen LogP contribution in [0.15, 0.2) is 48.5 Å². The van der Waals surface area contributed by atoms with Gasteiger partial charge in [0.1, 0.15) is 23.1 Å². The van der Waals surface area contributed by atoms with Crippen LogP contribution in [-0.2, 0) is 13.0 Å². The Labute approximate surface area is 153 Å². The lowest BCUT2D eigenvalue weighted by atomic mass is 10.1. The summed E-state index contributed by atoms with van der Waals surface area (Å²) in [4.78, 5) is 13.3. The van der Waals surface area contributed by atoms with Crippen molar-refractivity contribution in [1.29, 1.82) is 0 Å². The number of aryl methyl sites for hydroxylation is 1. The summed E-state index contributed by atoms with van der Waals surface area (Å²) < 4.78 is 10.4. The van der Waals surface area contributed by atoms with E-state index in [-0.39, 0.29) is 0 Å². The zero-order valence-corrected chi connectivity index (χ0v) is 15.2. The summed E-state index contributed by atoms with van der Waals surface area (Å²) in [5.41, 5.74) is 2.25. The minimum atomic E-state index is 0.580. The van der Waals surface area contributed by atoms with Crippen molar-refractivity contribution in [1.82, 2.24) is 15.0 Å². The molecule has 0 unspecified atom stereocenters. The molecule has 3 rings (SSSR count). The Hall–Kier alpha value is -3.15. The van der Waals surface area contributed by atoms with Crippen molar-refractivity contribution in [3.63, 3.8) is 0 Å². The Morgan fingerprint density at radius 3 is 1.92 bits per heavy atom. The van der Waals surface area contributed by atoms with Gasteiger partial charge in [0.25, 0.3) is 0 Å². The van der Waals surface area contributed by atoms with Crippen molar-refractivity contribution < 1.29 is 9.47 Å². The minimum absolute atomic E-state index is 0.580. The Bertz CT molecular complexity index is 849. The van der Waals surface area contributed by atoms with Crippen LogP contribution in [0, 0.1) is 6.92 Å². The average molecular weight is 350 g/mol. The minimum Gasteiger partial charge on any atom is -0.497 e. The number of methoxy groups -OCH3 is 2. The molecule has 26 heavy (non-hydrogen) atoms. The van der Waals surface area contributed by atoms with E-state index in [9.17, 15) is 0 Å². The quantitative estimate of drug-likeness (QED) is 0.704. The van der Waals surface area contributed by atoms with Gasteiger partial charge in [0.2, 0.25) is 5.95 Å². The fraction of sp³-hybridized carbons (Fsp3) is 0.250. The highest BCUT2D eigenvalue weighted by atomic mass is 16.5. The predicted molar refractivity (Wildman–Crippen MR) is 101 cm³/mol. The van der Waals surface area contributed by atoms with Crippen molar-refractivity contribution in [3.8, 4) is 11.5 Å². The van der Waals surface area contributed by atoms with E-state index in [0.717, 1.165) is 28.5 Å². The van der Waals surface area contributed by atoms with Crippen LogP contribution in [0.2, 0.25) is 0 Å². The SMILES string of the molecule is COc1ccc(CNc2nc(C)nc(Cc3ccc(OC)cc3)n2)cc1. The highest BCUT2D eigenvalue weighted by Crippen LogP contribution is 2.15. The molecule has 6 heteroatoms. The van der Waals surface area contributed by atoms with Gasteiger partial charge in [-0.15, -0.1) is 0 Å². The van der Waals surface area contributed by atoms with E-state index in [4.69, 9.17) is 9.47 Å². The van der Waals surface area contributed by atoms with Crippen molar-refractivity contribution >= 4 is 5.95 Å². The van der Waals surface area contributed by atoms with Crippen molar-refractivity contribution in [2.75, 3.05) is 19.5 Å². The Balaban J connectivity index is 1.67. The topological polar surface area (TPSA) is 69.2 Å². The van der Waals surface area contributed by atoms with Gasteiger partial charge < -0.3 is 14.8 Å². The van der Waals surface area contributed by atoms with Gasteiger partial charge in [0, 0.05) is 13.0 Å². The van der Waals surface area contributed by atoms with Crippen LogP contribution in [0.4, 0.5) is 5.95 Å². The molecule has 6 nitrogen and oxygen atoms in total. The first-order valence-electron chi connectivity index (χ1n) is 8.37. The van der Waals surface area contributed by atoms with E-state index in [1.165, 1.54) is 0 Å². The lowest BCUT2D eigenvalue weighted by Crippen LogP contribution is -2.09. The third-order valence-electron chi connectivity index (χ3n) is 3.92. The summed E-state index contributed by atoms with van der Waals surface area (Å²) in [5, 5.41) is 3.26. The monoisotopic (exact) mass is 350 g/mol. The lowest BCUT2D eigenvalue weighted by Gasteiger charge is -2.09. The van der Waals surface area contributed by atoms with Gasteiger partial charge in [-0.2, -0.15) is 9.97 Å². The number of rotatable bonds is 7. The van der Waals surface area contributed by atoms with E-state index < -0.39 is 0 Å². The van der Waals surface area contributed by atoms with Gasteiger partial charge in [-0.1, -0.05) is 24.3 Å². The molecule has 0 fully saturated rings. The third-order valence-corrected chi connectivity index (χ3v) is 3.92. The maximum Gasteiger partial charge on any atom is 0.226 e. The second kappa shape index (κ2) is 8.29. The summed E-state index contributed by atoms with van der Waals surface area (Å²) in [6.45, 7) is 2.51. The molecule has 0 amide bonds. The number of hydrogen-bond acceptors (Lipinski definition) is 6. The molecule has 1 N–H and O–H groups in total. The molecule has 0 aliphatic carbocycles. The first kappa shape index (κ1) is 17.7. The van der Waals surface area contributed by atoms with Gasteiger partial charge in [-0.05, 0) is 42.3 Å². The molecule has 1 heterocycles. The first-order chi connectivity index (χ1) is 12.7. The number of hydrogen-bond donors (Lipinski definition) is 1. The standard InChI is InChI=1S/C20H22N4O2/c1-14-22-19(12-15-4-8-17(25-2)9-5-15)24-20(23-14)21-13-16-6-10-18(26-3)11-7-16/h4-11H,12-13H2,1-3H3,(H,21,22,23,24). The summed E-state index contributed by atoms with van der Waals surface area (Å²) in [7, 11) is 3.32. The van der Waals surface area contributed by atoms with Crippen LogP contribution < -0.4 is 14.8 Å². The van der Waals surface area contributed by atoms with Crippen molar-refractivity contribution in [3.05, 3.63) is 71.3 Å². The average Bonchev–Trinajstić information content (AvgIpc) is 2.67. The number of anilines is 1. The molecule has 0 bridgehead atoms. The van der Waals surface area contributed by atoms with E-state index in [1.54, 1.807) is 14.2 Å². The van der Waals surface area contributed by atoms with Gasteiger partial charge in [-0.3, -0.25) is 0 Å². The number of aromatic nitrogens is 3. The van der Waals surface area contributed by atoms with Gasteiger partial charge in [0.15, 0.2) is 0 Å². The van der Waals surface area contributed by atoms with Crippen LogP contribution in [0.5, 0.6) is 11.5 Å². The van der Waals surface area contributed by atoms with Crippen LogP contribution in [0.1, 0.15) is 22.8 Å². The Morgan fingerprint density at radius 1 is 0.769 bits per heavy atom. The largest absolute Gasteiger partial charge is 0.497 e. The summed E-state index contributed by atoms with van der Waals surface area (Å²) in [6.07, 6.45) is 0.643. The van der Waals surface area contributed by atoms with Crippen molar-refractivity contribution in [2.45, 2.75) is 19.9 Å². The molecule has 0 aliphatic rings. The number of nitrogens with zero attached hydrogens (tertiary/aromatic N) is 3. The second-order valence-electron chi connectivity index (χ2n) is 5.85. The van der Waals surface area contributed by atoms with Crippen molar-refractivity contribution in [2.24, 2.45) is 0 Å². The van der Waals surface area contributed by atoms with E-state index >= 15 is 0 Å². The van der Waals surface area contributed by atoms with Gasteiger partial charge >= 0.3 is 0 Å². The maximum atomic E-state index is 5.19. The van der Waals surface area contributed by atoms with Gasteiger partial charge in [0.05, 0.1) is 14.2 Å². The molecule has 0 saturated carbocycles. The van der Waals surface area contributed by atoms with E-state index in [1.807, 2.05) is 55.5 Å². The Morgan fingerprint density at radius 2 is 1.35 bits per heavy atom. The molecule has 3 aromatic rings. The molecule has 0 saturated heterocycles. The second-order valence-corrected chi connectivity index (χ2v) is 5.85. The molecule has 0 aliphatic heterocycles. The van der Waals surface area contributed by atoms with Crippen LogP contribution in [-0.4, -0.2) is 29.2 Å². The smallest absolute Gasteiger partial charge is 0.226 e. The Kier molecular flexibility index (Phi) is 5.63. The molecule has 0 spiro atoms. The zero-order chi connectivity index (χ0) is 18.4. The summed E-state index contributed by atoms with van der Waals surface area (Å²) >= 11 is 0. The highest BCUT2D eigenvalue weighted by Gasteiger charge is 2.06. The molecule has 0 atom stereocenters. The normalized spacial score (nSPS) is 10.4. The number of ether oxygens (including phenoxy) is 2. The molecule has 0 radical (unpaired) electrons. The third kappa shape index (κ3) is 4.69. The highest BCUT2D eigenvalue weighted by molar-refractivity contribution is 5.33. The van der Waals surface area contributed by atoms with Gasteiger partial charge in [-0.25, -0.2) is 4.98 Å². The fourth-order valence-electron chi connectivity index (χ4n) is 2.55. The lowest BCUT2D eigenvalue weighted by molar-refractivity contribution is 0.414. The zero-order valence-electron chi connectivity index (χ0n) is 15.2. The maximum absolute atomic E-state index is 5.19. The number of benzene rings is 2. The summed E-state index contributed by atoms with van der Waals surface area (Å²) in [6, 6.07) is 15.8. The van der Waals surface area contributed by atoms with Crippen LogP contribution in [0.25, 0.3) is 0 Å². The molecule has 2 aromatic carbocycles.